The van der Waals surface area contributed by atoms with Crippen LogP contribution in [0.25, 0.3) is 10.4 Å². The van der Waals surface area contributed by atoms with Gasteiger partial charge in [-0.3, -0.25) is 19.1 Å². The Morgan fingerprint density at radius 3 is 2.80 bits per heavy atom. The Kier molecular flexibility index (Phi) is 5.34. The van der Waals surface area contributed by atoms with E-state index in [4.69, 9.17) is 15.0 Å². The lowest BCUT2D eigenvalue weighted by atomic mass is 9.97. The number of aromatic amines is 1. The van der Waals surface area contributed by atoms with Gasteiger partial charge in [-0.05, 0) is 33.2 Å². The molecule has 0 radical (unpaired) electrons. The molecule has 0 unspecified atom stereocenters. The molecule has 25 heavy (non-hydrogen) atoms. The number of hydrogen-bond donors (Lipinski definition) is 1. The van der Waals surface area contributed by atoms with Gasteiger partial charge in [0.2, 0.25) is 0 Å². The summed E-state index contributed by atoms with van der Waals surface area (Å²) >= 11 is 0. The second-order valence-electron chi connectivity index (χ2n) is 6.96. The predicted octanol–water partition coefficient (Wildman–Crippen LogP) is 1.40. The van der Waals surface area contributed by atoms with E-state index in [9.17, 15) is 14.4 Å². The summed E-state index contributed by atoms with van der Waals surface area (Å²) in [4.78, 5) is 40.3. The Morgan fingerprint density at radius 2 is 2.20 bits per heavy atom. The first kappa shape index (κ1) is 18.8. The van der Waals surface area contributed by atoms with Crippen molar-refractivity contribution in [3.63, 3.8) is 0 Å². The number of hydrogen-bond acceptors (Lipinski definition) is 6. The van der Waals surface area contributed by atoms with Crippen LogP contribution in [0.4, 0.5) is 0 Å². The lowest BCUT2D eigenvalue weighted by molar-refractivity contribution is -0.157. The molecular formula is C15H21N5O5. The number of azide groups is 1. The summed E-state index contributed by atoms with van der Waals surface area (Å²) in [5.74, 6) is -0.406. The molecule has 0 amide bonds. The number of H-pyrrole nitrogens is 1. The van der Waals surface area contributed by atoms with Crippen LogP contribution in [-0.2, 0) is 14.3 Å². The van der Waals surface area contributed by atoms with Crippen LogP contribution in [-0.4, -0.2) is 34.3 Å². The van der Waals surface area contributed by atoms with Gasteiger partial charge >= 0.3 is 11.7 Å². The number of nitrogens with zero attached hydrogens (tertiary/aromatic N) is 4. The third-order valence-electron chi connectivity index (χ3n) is 3.85. The lowest BCUT2D eigenvalue weighted by Gasteiger charge is -2.20. The summed E-state index contributed by atoms with van der Waals surface area (Å²) < 4.78 is 12.2. The monoisotopic (exact) mass is 351 g/mol. The van der Waals surface area contributed by atoms with E-state index < -0.39 is 41.0 Å². The number of rotatable bonds is 4. The van der Waals surface area contributed by atoms with Gasteiger partial charge in [-0.2, -0.15) is 0 Å². The van der Waals surface area contributed by atoms with Gasteiger partial charge < -0.3 is 9.47 Å². The van der Waals surface area contributed by atoms with Crippen molar-refractivity contribution in [1.82, 2.24) is 9.55 Å². The van der Waals surface area contributed by atoms with E-state index in [2.05, 4.69) is 15.0 Å². The number of carbonyl (C=O) groups is 1. The fraction of sp³-hybridized carbons (Fsp3) is 0.667. The highest BCUT2D eigenvalue weighted by molar-refractivity contribution is 5.75. The van der Waals surface area contributed by atoms with E-state index in [1.165, 1.54) is 10.8 Å². The number of esters is 1. The van der Waals surface area contributed by atoms with E-state index in [0.717, 1.165) is 0 Å². The molecule has 0 saturated carbocycles. The minimum atomic E-state index is -0.725. The minimum Gasteiger partial charge on any atom is -0.463 e. The van der Waals surface area contributed by atoms with Crippen molar-refractivity contribution in [1.29, 1.82) is 0 Å². The van der Waals surface area contributed by atoms with Crippen LogP contribution >= 0.6 is 0 Å². The first-order valence-corrected chi connectivity index (χ1v) is 7.82. The number of aromatic nitrogens is 2. The van der Waals surface area contributed by atoms with Crippen molar-refractivity contribution in [3.05, 3.63) is 43.0 Å². The molecule has 10 nitrogen and oxygen atoms in total. The number of ether oxygens (including phenoxy) is 2. The molecule has 0 aliphatic carbocycles. The van der Waals surface area contributed by atoms with Crippen molar-refractivity contribution < 1.29 is 14.3 Å². The zero-order chi connectivity index (χ0) is 18.8. The minimum absolute atomic E-state index is 0.0899. The van der Waals surface area contributed by atoms with Gasteiger partial charge in [0.1, 0.15) is 18.9 Å². The third kappa shape index (κ3) is 4.28. The van der Waals surface area contributed by atoms with Crippen LogP contribution in [0.1, 0.15) is 39.0 Å². The normalized spacial score (nSPS) is 23.1. The highest BCUT2D eigenvalue weighted by Gasteiger charge is 2.37. The smallest absolute Gasteiger partial charge is 0.330 e. The second-order valence-corrected chi connectivity index (χ2v) is 6.96. The van der Waals surface area contributed by atoms with Crippen LogP contribution < -0.4 is 11.2 Å². The van der Waals surface area contributed by atoms with E-state index in [1.807, 2.05) is 0 Å². The Labute approximate surface area is 143 Å². The Morgan fingerprint density at radius 1 is 1.52 bits per heavy atom. The average molecular weight is 351 g/mol. The van der Waals surface area contributed by atoms with Crippen LogP contribution in [0.2, 0.25) is 0 Å². The fourth-order valence-corrected chi connectivity index (χ4v) is 2.40. The Balaban J connectivity index is 2.19. The first-order valence-electron chi connectivity index (χ1n) is 7.82. The van der Waals surface area contributed by atoms with Gasteiger partial charge in [-0.15, -0.1) is 0 Å². The molecule has 0 aromatic carbocycles. The predicted molar refractivity (Wildman–Crippen MR) is 87.9 cm³/mol. The summed E-state index contributed by atoms with van der Waals surface area (Å²) in [6.45, 7) is 6.65. The molecule has 0 bridgehead atoms. The van der Waals surface area contributed by atoms with Crippen LogP contribution in [0.5, 0.6) is 0 Å². The standard InChI is InChI=1S/C15H21N5O5/c1-8-6-20(14(23)17-12(8)21)11-5-9(18-19-16)10(25-11)7-24-13(22)15(2,3)4/h6,9-11H,5,7H2,1-4H3,(H,17,21,23)/t9-,10+,11-/m0/s1. The Bertz CT molecular complexity index is 815. The summed E-state index contributed by atoms with van der Waals surface area (Å²) in [5.41, 5.74) is 7.32. The third-order valence-corrected chi connectivity index (χ3v) is 3.85. The van der Waals surface area contributed by atoms with E-state index in [1.54, 1.807) is 27.7 Å². The van der Waals surface area contributed by atoms with E-state index >= 15 is 0 Å². The van der Waals surface area contributed by atoms with Gasteiger partial charge in [-0.25, -0.2) is 4.79 Å². The van der Waals surface area contributed by atoms with Crippen molar-refractivity contribution in [2.45, 2.75) is 52.5 Å². The molecule has 2 rings (SSSR count). The molecule has 1 aromatic heterocycles. The molecule has 10 heteroatoms. The van der Waals surface area contributed by atoms with Gasteiger partial charge in [0.15, 0.2) is 0 Å². The molecule has 1 aliphatic heterocycles. The van der Waals surface area contributed by atoms with Crippen LogP contribution in [0, 0.1) is 12.3 Å². The summed E-state index contributed by atoms with van der Waals surface area (Å²) in [6, 6.07) is -0.595. The van der Waals surface area contributed by atoms with Crippen LogP contribution in [0.15, 0.2) is 20.9 Å². The quantitative estimate of drug-likeness (QED) is 0.378. The molecule has 2 heterocycles. The van der Waals surface area contributed by atoms with Crippen molar-refractivity contribution in [2.24, 2.45) is 10.5 Å². The molecule has 136 valence electrons. The number of carbonyl (C=O) groups excluding carboxylic acids is 1. The largest absolute Gasteiger partial charge is 0.463 e. The van der Waals surface area contributed by atoms with Gasteiger partial charge in [-0.1, -0.05) is 5.11 Å². The molecule has 1 aromatic rings. The SMILES string of the molecule is Cc1cn([C@@H]2C[C@H](N=[N+]=[N-])[C@@H](COC(=O)C(C)(C)C)O2)c(=O)[nH]c1=O. The molecule has 1 saturated heterocycles. The highest BCUT2D eigenvalue weighted by Crippen LogP contribution is 2.30. The first-order chi connectivity index (χ1) is 11.6. The second kappa shape index (κ2) is 7.12. The van der Waals surface area contributed by atoms with Crippen molar-refractivity contribution in [2.75, 3.05) is 6.61 Å². The molecule has 1 aliphatic rings. The zero-order valence-corrected chi connectivity index (χ0v) is 14.6. The number of aryl methyl sites for hydroxylation is 1. The number of nitrogens with one attached hydrogen (secondary N) is 1. The van der Waals surface area contributed by atoms with Crippen molar-refractivity contribution in [3.8, 4) is 0 Å². The molecule has 3 atom stereocenters. The van der Waals surface area contributed by atoms with E-state index in [0.29, 0.717) is 5.56 Å². The fourth-order valence-electron chi connectivity index (χ4n) is 2.40. The summed E-state index contributed by atoms with van der Waals surface area (Å²) in [7, 11) is 0. The van der Waals surface area contributed by atoms with Gasteiger partial charge in [0.25, 0.3) is 5.56 Å². The van der Waals surface area contributed by atoms with E-state index in [-0.39, 0.29) is 13.0 Å². The summed E-state index contributed by atoms with van der Waals surface area (Å²) in [5, 5.41) is 3.67. The average Bonchev–Trinajstić information content (AvgIpc) is 2.90. The van der Waals surface area contributed by atoms with Gasteiger partial charge in [0, 0.05) is 23.1 Å². The lowest BCUT2D eigenvalue weighted by Crippen LogP contribution is -2.34. The topological polar surface area (TPSA) is 139 Å². The zero-order valence-electron chi connectivity index (χ0n) is 14.6. The molecule has 1 fully saturated rings. The Hall–Kier alpha value is -2.58. The maximum Gasteiger partial charge on any atom is 0.330 e. The van der Waals surface area contributed by atoms with Gasteiger partial charge in [0.05, 0.1) is 11.5 Å². The molecular weight excluding hydrogens is 330 g/mol. The van der Waals surface area contributed by atoms with Crippen molar-refractivity contribution >= 4 is 5.97 Å². The maximum atomic E-state index is 12.0. The highest BCUT2D eigenvalue weighted by atomic mass is 16.6. The molecule has 0 spiro atoms. The van der Waals surface area contributed by atoms with Crippen LogP contribution in [0.3, 0.4) is 0 Å². The maximum absolute atomic E-state index is 12.0. The molecule has 1 N–H and O–H groups in total. The summed E-state index contributed by atoms with van der Waals surface area (Å²) in [6.07, 6.45) is 0.221.